The van der Waals surface area contributed by atoms with Crippen LogP contribution >= 0.6 is 11.6 Å². The summed E-state index contributed by atoms with van der Waals surface area (Å²) in [5.74, 6) is -0.0817. The molecule has 2 aromatic rings. The zero-order valence-electron chi connectivity index (χ0n) is 12.8. The maximum atomic E-state index is 13.0. The van der Waals surface area contributed by atoms with E-state index >= 15 is 0 Å². The lowest BCUT2D eigenvalue weighted by Crippen LogP contribution is -2.17. The summed E-state index contributed by atoms with van der Waals surface area (Å²) in [6.45, 7) is 5.44. The fraction of sp³-hybridized carbons (Fsp3) is 0.333. The zero-order chi connectivity index (χ0) is 17.2. The monoisotopic (exact) mass is 344 g/mol. The van der Waals surface area contributed by atoms with Crippen LogP contribution in [0.5, 0.6) is 0 Å². The number of nitrogens with one attached hydrogen (secondary N) is 2. The second-order valence-corrected chi connectivity index (χ2v) is 5.77. The van der Waals surface area contributed by atoms with Gasteiger partial charge in [0, 0.05) is 12.1 Å². The van der Waals surface area contributed by atoms with Gasteiger partial charge >= 0.3 is 6.18 Å². The van der Waals surface area contributed by atoms with Gasteiger partial charge < -0.3 is 10.6 Å². The molecular formula is C15H16ClF3N4. The molecule has 2 N–H and O–H groups in total. The van der Waals surface area contributed by atoms with Crippen LogP contribution in [-0.4, -0.2) is 16.0 Å². The van der Waals surface area contributed by atoms with Gasteiger partial charge in [0.25, 0.3) is 0 Å². The van der Waals surface area contributed by atoms with E-state index in [0.29, 0.717) is 10.7 Å². The van der Waals surface area contributed by atoms with E-state index in [9.17, 15) is 13.2 Å². The van der Waals surface area contributed by atoms with Crippen LogP contribution in [0.2, 0.25) is 5.02 Å². The molecule has 1 aromatic carbocycles. The average Bonchev–Trinajstić information content (AvgIpc) is 2.40. The Balaban J connectivity index is 2.40. The van der Waals surface area contributed by atoms with Crippen LogP contribution in [0, 0.1) is 6.92 Å². The Hall–Kier alpha value is -2.02. The molecule has 0 atom stereocenters. The fourth-order valence-corrected chi connectivity index (χ4v) is 2.12. The van der Waals surface area contributed by atoms with E-state index in [4.69, 9.17) is 11.6 Å². The van der Waals surface area contributed by atoms with E-state index in [0.717, 1.165) is 11.6 Å². The Labute approximate surface area is 137 Å². The number of anilines is 3. The summed E-state index contributed by atoms with van der Waals surface area (Å²) in [6, 6.07) is 5.94. The highest BCUT2D eigenvalue weighted by Gasteiger charge is 2.33. The molecule has 1 heterocycles. The molecule has 4 nitrogen and oxygen atoms in total. The second kappa shape index (κ2) is 6.62. The van der Waals surface area contributed by atoms with Crippen LogP contribution in [0.4, 0.5) is 30.6 Å². The largest absolute Gasteiger partial charge is 0.433 e. The minimum atomic E-state index is -4.57. The Morgan fingerprint density at radius 2 is 1.83 bits per heavy atom. The van der Waals surface area contributed by atoms with Crippen molar-refractivity contribution in [3.8, 4) is 0 Å². The quantitative estimate of drug-likeness (QED) is 0.817. The fourth-order valence-electron chi connectivity index (χ4n) is 1.84. The lowest BCUT2D eigenvalue weighted by atomic mass is 10.2. The van der Waals surface area contributed by atoms with Gasteiger partial charge in [0.15, 0.2) is 5.69 Å². The van der Waals surface area contributed by atoms with E-state index in [-0.39, 0.29) is 17.8 Å². The molecule has 1 aromatic heterocycles. The smallest absolute Gasteiger partial charge is 0.352 e. The molecule has 8 heteroatoms. The third-order valence-corrected chi connectivity index (χ3v) is 3.13. The predicted molar refractivity (Wildman–Crippen MR) is 85.3 cm³/mol. The molecule has 23 heavy (non-hydrogen) atoms. The van der Waals surface area contributed by atoms with Crippen molar-refractivity contribution in [3.05, 3.63) is 40.5 Å². The molecule has 0 radical (unpaired) electrons. The second-order valence-electron chi connectivity index (χ2n) is 5.37. The van der Waals surface area contributed by atoms with Crippen molar-refractivity contribution < 1.29 is 13.2 Å². The Kier molecular flexibility index (Phi) is 4.99. The third-order valence-electron chi connectivity index (χ3n) is 2.82. The van der Waals surface area contributed by atoms with Crippen molar-refractivity contribution in [2.45, 2.75) is 33.0 Å². The van der Waals surface area contributed by atoms with E-state index in [1.165, 1.54) is 0 Å². The summed E-state index contributed by atoms with van der Waals surface area (Å²) in [6.07, 6.45) is -4.57. The van der Waals surface area contributed by atoms with Gasteiger partial charge in [-0.25, -0.2) is 4.98 Å². The number of benzene rings is 1. The van der Waals surface area contributed by atoms with E-state index in [1.54, 1.807) is 32.0 Å². The number of aryl methyl sites for hydroxylation is 1. The van der Waals surface area contributed by atoms with E-state index in [2.05, 4.69) is 20.6 Å². The SMILES string of the molecule is Cc1ccc(Nc2cc(C(F)(F)F)nc(NC(C)C)n2)c(Cl)c1. The molecule has 0 amide bonds. The standard InChI is InChI=1S/C15H16ClF3N4/c1-8(2)20-14-22-12(15(17,18)19)7-13(23-14)21-11-5-4-9(3)6-10(11)16/h4-8H,1-3H3,(H2,20,21,22,23). The maximum Gasteiger partial charge on any atom is 0.433 e. The topological polar surface area (TPSA) is 49.8 Å². The number of halogens is 4. The minimum Gasteiger partial charge on any atom is -0.352 e. The molecule has 0 aliphatic rings. The third kappa shape index (κ3) is 4.72. The molecule has 124 valence electrons. The number of nitrogens with zero attached hydrogens (tertiary/aromatic N) is 2. The predicted octanol–water partition coefficient (Wildman–Crippen LogP) is 5.02. The molecule has 0 aliphatic heterocycles. The number of rotatable bonds is 4. The van der Waals surface area contributed by atoms with Gasteiger partial charge in [0.05, 0.1) is 10.7 Å². The number of hydrogen-bond acceptors (Lipinski definition) is 4. The van der Waals surface area contributed by atoms with Gasteiger partial charge in [0.2, 0.25) is 5.95 Å². The summed E-state index contributed by atoms with van der Waals surface area (Å²) in [5.41, 5.74) is 0.391. The van der Waals surface area contributed by atoms with Crippen molar-refractivity contribution in [1.82, 2.24) is 9.97 Å². The van der Waals surface area contributed by atoms with Gasteiger partial charge in [-0.15, -0.1) is 0 Å². The first-order valence-electron chi connectivity index (χ1n) is 6.91. The first kappa shape index (κ1) is 17.3. The number of aromatic nitrogens is 2. The number of hydrogen-bond donors (Lipinski definition) is 2. The van der Waals surface area contributed by atoms with E-state index in [1.807, 2.05) is 6.92 Å². The highest BCUT2D eigenvalue weighted by molar-refractivity contribution is 6.33. The average molecular weight is 345 g/mol. The van der Waals surface area contributed by atoms with Crippen LogP contribution in [0.3, 0.4) is 0 Å². The van der Waals surface area contributed by atoms with Gasteiger partial charge in [-0.1, -0.05) is 17.7 Å². The highest BCUT2D eigenvalue weighted by Crippen LogP contribution is 2.32. The molecular weight excluding hydrogens is 329 g/mol. The maximum absolute atomic E-state index is 13.0. The van der Waals surface area contributed by atoms with Crippen LogP contribution < -0.4 is 10.6 Å². The normalized spacial score (nSPS) is 11.7. The molecule has 0 saturated heterocycles. The molecule has 0 aliphatic carbocycles. The molecule has 2 rings (SSSR count). The highest BCUT2D eigenvalue weighted by atomic mass is 35.5. The Morgan fingerprint density at radius 1 is 1.13 bits per heavy atom. The van der Waals surface area contributed by atoms with Gasteiger partial charge in [-0.05, 0) is 38.5 Å². The summed E-state index contributed by atoms with van der Waals surface area (Å²) in [4.78, 5) is 7.56. The lowest BCUT2D eigenvalue weighted by Gasteiger charge is -2.14. The molecule has 0 fully saturated rings. The van der Waals surface area contributed by atoms with Crippen molar-refractivity contribution in [2.24, 2.45) is 0 Å². The zero-order valence-corrected chi connectivity index (χ0v) is 13.5. The molecule has 0 unspecified atom stereocenters. The molecule has 0 saturated carbocycles. The van der Waals surface area contributed by atoms with E-state index < -0.39 is 11.9 Å². The van der Waals surface area contributed by atoms with Crippen LogP contribution in [0.1, 0.15) is 25.1 Å². The van der Waals surface area contributed by atoms with Crippen LogP contribution in [-0.2, 0) is 6.18 Å². The summed E-state index contributed by atoms with van der Waals surface area (Å²) in [5, 5.41) is 5.97. The van der Waals surface area contributed by atoms with Gasteiger partial charge in [-0.3, -0.25) is 0 Å². The van der Waals surface area contributed by atoms with Crippen molar-refractivity contribution in [1.29, 1.82) is 0 Å². The molecule has 0 spiro atoms. The Bertz CT molecular complexity index is 702. The van der Waals surface area contributed by atoms with Crippen molar-refractivity contribution in [3.63, 3.8) is 0 Å². The first-order valence-corrected chi connectivity index (χ1v) is 7.29. The van der Waals surface area contributed by atoms with Crippen molar-refractivity contribution in [2.75, 3.05) is 10.6 Å². The minimum absolute atomic E-state index is 0.0150. The lowest BCUT2D eigenvalue weighted by molar-refractivity contribution is -0.141. The van der Waals surface area contributed by atoms with Crippen molar-refractivity contribution >= 4 is 29.1 Å². The first-order chi connectivity index (χ1) is 10.6. The van der Waals surface area contributed by atoms with Crippen LogP contribution in [0.15, 0.2) is 24.3 Å². The van der Waals surface area contributed by atoms with Gasteiger partial charge in [0.1, 0.15) is 5.82 Å². The van der Waals surface area contributed by atoms with Crippen LogP contribution in [0.25, 0.3) is 0 Å². The molecule has 0 bridgehead atoms. The van der Waals surface area contributed by atoms with Gasteiger partial charge in [-0.2, -0.15) is 18.2 Å². The number of alkyl halides is 3. The summed E-state index contributed by atoms with van der Waals surface area (Å²) < 4.78 is 39.0. The summed E-state index contributed by atoms with van der Waals surface area (Å²) >= 11 is 6.09. The Morgan fingerprint density at radius 3 is 2.39 bits per heavy atom. The summed E-state index contributed by atoms with van der Waals surface area (Å²) in [7, 11) is 0.